The molecule has 0 aliphatic rings. The zero-order chi connectivity index (χ0) is 32.1. The summed E-state index contributed by atoms with van der Waals surface area (Å²) in [6.07, 6.45) is 0. The van der Waals surface area contributed by atoms with E-state index in [1.807, 2.05) is 0 Å². The van der Waals surface area contributed by atoms with Crippen molar-refractivity contribution in [1.29, 1.82) is 0 Å². The molecule has 0 saturated carbocycles. The fourth-order valence-electron chi connectivity index (χ4n) is 8.42. The van der Waals surface area contributed by atoms with Crippen LogP contribution in [0.5, 0.6) is 0 Å². The normalized spacial score (nSPS) is 12.1. The number of hydrogen-bond donors (Lipinski definition) is 0. The second-order valence-corrected chi connectivity index (χ2v) is 13.2. The third kappa shape index (κ3) is 3.76. The van der Waals surface area contributed by atoms with E-state index < -0.39 is 0 Å². The minimum atomic E-state index is 0.926. The molecule has 1 heterocycles. The maximum Gasteiger partial charge on any atom is 0.143 e. The Bertz CT molecular complexity index is 3090. The summed E-state index contributed by atoms with van der Waals surface area (Å²) in [5.41, 5.74) is 6.52. The van der Waals surface area contributed by atoms with Crippen LogP contribution in [-0.4, -0.2) is 0 Å². The third-order valence-corrected chi connectivity index (χ3v) is 10.6. The van der Waals surface area contributed by atoms with E-state index in [0.29, 0.717) is 0 Å². The first-order chi connectivity index (χ1) is 24.3. The summed E-state index contributed by atoms with van der Waals surface area (Å²) in [5.74, 6) is 0. The van der Waals surface area contributed by atoms with Crippen molar-refractivity contribution in [2.45, 2.75) is 0 Å². The highest BCUT2D eigenvalue weighted by Gasteiger charge is 2.18. The largest absolute Gasteiger partial charge is 0.455 e. The molecule has 11 aromatic rings. The first kappa shape index (κ1) is 26.6. The number of fused-ring (bicyclic) bond motifs is 16. The van der Waals surface area contributed by atoms with Gasteiger partial charge in [0, 0.05) is 21.7 Å². The number of furan rings is 1. The SMILES string of the molecule is c1cc(-c2ccc3c4ccccc4c4ccccc4c3c2)cc(-c2cccc3c2oc2c3ccc3c4ccccc4c4ccccc4c32)c1. The van der Waals surface area contributed by atoms with Crippen molar-refractivity contribution in [3.05, 3.63) is 170 Å². The zero-order valence-corrected chi connectivity index (χ0v) is 26.6. The van der Waals surface area contributed by atoms with Crippen molar-refractivity contribution in [2.75, 3.05) is 0 Å². The van der Waals surface area contributed by atoms with Crippen LogP contribution in [0.2, 0.25) is 0 Å². The second kappa shape index (κ2) is 10.0. The van der Waals surface area contributed by atoms with Crippen LogP contribution in [0.25, 0.3) is 109 Å². The average molecular weight is 621 g/mol. The van der Waals surface area contributed by atoms with Gasteiger partial charge in [-0.2, -0.15) is 0 Å². The van der Waals surface area contributed by atoms with Crippen molar-refractivity contribution < 1.29 is 4.42 Å². The number of rotatable bonds is 2. The molecule has 1 heteroatoms. The average Bonchev–Trinajstić information content (AvgIpc) is 3.57. The Balaban J connectivity index is 1.13. The van der Waals surface area contributed by atoms with Gasteiger partial charge in [0.1, 0.15) is 11.2 Å². The van der Waals surface area contributed by atoms with E-state index in [0.717, 1.165) is 33.1 Å². The van der Waals surface area contributed by atoms with Crippen molar-refractivity contribution in [3.8, 4) is 22.3 Å². The van der Waals surface area contributed by atoms with E-state index in [9.17, 15) is 0 Å². The van der Waals surface area contributed by atoms with Gasteiger partial charge in [-0.1, -0.05) is 152 Å². The summed E-state index contributed by atoms with van der Waals surface area (Å²) < 4.78 is 7.00. The van der Waals surface area contributed by atoms with E-state index in [-0.39, 0.29) is 0 Å². The van der Waals surface area contributed by atoms with E-state index in [1.165, 1.54) is 75.8 Å². The first-order valence-electron chi connectivity index (χ1n) is 16.9. The summed E-state index contributed by atoms with van der Waals surface area (Å²) in [5, 5.41) is 17.4. The predicted octanol–water partition coefficient (Wildman–Crippen LogP) is 13.8. The molecule has 10 aromatic carbocycles. The van der Waals surface area contributed by atoms with Gasteiger partial charge in [0.05, 0.1) is 0 Å². The summed E-state index contributed by atoms with van der Waals surface area (Å²) in [6.45, 7) is 0. The standard InChI is InChI=1S/C48H28O/c1-2-15-35-33(13-1)34-14-4-6-19-39(34)45-28-30(23-24-40(35)45)29-11-9-12-31(27-29)32-21-10-22-43-44-26-25-42-38-18-5-3-16-36(38)37-17-7-8-20-41(37)46(42)48(44)49-47(32)43/h1-28H. The van der Waals surface area contributed by atoms with Crippen LogP contribution in [0.3, 0.4) is 0 Å². The van der Waals surface area contributed by atoms with E-state index in [4.69, 9.17) is 4.42 Å². The van der Waals surface area contributed by atoms with Crippen molar-refractivity contribution >= 4 is 86.6 Å². The molecule has 49 heavy (non-hydrogen) atoms. The van der Waals surface area contributed by atoms with Crippen molar-refractivity contribution in [2.24, 2.45) is 0 Å². The number of para-hydroxylation sites is 1. The van der Waals surface area contributed by atoms with Crippen LogP contribution < -0.4 is 0 Å². The molecule has 0 unspecified atom stereocenters. The van der Waals surface area contributed by atoms with Gasteiger partial charge >= 0.3 is 0 Å². The maximum atomic E-state index is 7.00. The lowest BCUT2D eigenvalue weighted by atomic mass is 9.91. The van der Waals surface area contributed by atoms with Gasteiger partial charge in [0.2, 0.25) is 0 Å². The molecule has 0 N–H and O–H groups in total. The molecule has 0 fully saturated rings. The van der Waals surface area contributed by atoms with Crippen LogP contribution in [0.1, 0.15) is 0 Å². The Morgan fingerprint density at radius 2 is 0.653 bits per heavy atom. The van der Waals surface area contributed by atoms with Gasteiger partial charge in [0.25, 0.3) is 0 Å². The molecule has 1 nitrogen and oxygen atoms in total. The topological polar surface area (TPSA) is 13.1 Å². The minimum absolute atomic E-state index is 0.926. The smallest absolute Gasteiger partial charge is 0.143 e. The highest BCUT2D eigenvalue weighted by molar-refractivity contribution is 6.32. The quantitative estimate of drug-likeness (QED) is 0.175. The van der Waals surface area contributed by atoms with Crippen molar-refractivity contribution in [1.82, 2.24) is 0 Å². The Morgan fingerprint density at radius 1 is 0.245 bits per heavy atom. The van der Waals surface area contributed by atoms with Crippen LogP contribution in [0.4, 0.5) is 0 Å². The van der Waals surface area contributed by atoms with Crippen LogP contribution in [-0.2, 0) is 0 Å². The number of benzene rings is 10. The van der Waals surface area contributed by atoms with Crippen molar-refractivity contribution in [3.63, 3.8) is 0 Å². The first-order valence-corrected chi connectivity index (χ1v) is 16.9. The fraction of sp³-hybridized carbons (Fsp3) is 0. The number of hydrogen-bond acceptors (Lipinski definition) is 1. The Kier molecular flexibility index (Phi) is 5.45. The molecule has 226 valence electrons. The molecular weight excluding hydrogens is 593 g/mol. The Labute approximate surface area is 282 Å². The summed E-state index contributed by atoms with van der Waals surface area (Å²) in [6, 6.07) is 61.9. The molecular formula is C48H28O. The fourth-order valence-corrected chi connectivity index (χ4v) is 8.42. The maximum absolute atomic E-state index is 7.00. The van der Waals surface area contributed by atoms with E-state index >= 15 is 0 Å². The van der Waals surface area contributed by atoms with Gasteiger partial charge in [-0.25, -0.2) is 0 Å². The zero-order valence-electron chi connectivity index (χ0n) is 26.6. The highest BCUT2D eigenvalue weighted by Crippen LogP contribution is 2.44. The molecule has 0 bridgehead atoms. The molecule has 0 aliphatic carbocycles. The third-order valence-electron chi connectivity index (χ3n) is 10.6. The summed E-state index contributed by atoms with van der Waals surface area (Å²) >= 11 is 0. The lowest BCUT2D eigenvalue weighted by Crippen LogP contribution is -1.86. The molecule has 0 amide bonds. The minimum Gasteiger partial charge on any atom is -0.455 e. The predicted molar refractivity (Wildman–Crippen MR) is 210 cm³/mol. The van der Waals surface area contributed by atoms with Gasteiger partial charge in [-0.15, -0.1) is 0 Å². The van der Waals surface area contributed by atoms with Gasteiger partial charge < -0.3 is 4.42 Å². The Hall–Kier alpha value is -6.44. The van der Waals surface area contributed by atoms with Gasteiger partial charge in [-0.05, 0) is 94.1 Å². The van der Waals surface area contributed by atoms with Gasteiger partial charge in [-0.3, -0.25) is 0 Å². The summed E-state index contributed by atoms with van der Waals surface area (Å²) in [4.78, 5) is 0. The molecule has 0 saturated heterocycles. The lowest BCUT2D eigenvalue weighted by molar-refractivity contribution is 0.674. The molecule has 0 radical (unpaired) electrons. The second-order valence-electron chi connectivity index (χ2n) is 13.2. The Morgan fingerprint density at radius 3 is 1.31 bits per heavy atom. The van der Waals surface area contributed by atoms with Crippen LogP contribution in [0, 0.1) is 0 Å². The van der Waals surface area contributed by atoms with Gasteiger partial charge in [0.15, 0.2) is 0 Å². The molecule has 11 rings (SSSR count). The van der Waals surface area contributed by atoms with E-state index in [1.54, 1.807) is 0 Å². The molecule has 0 atom stereocenters. The lowest BCUT2D eigenvalue weighted by Gasteiger charge is -2.12. The van der Waals surface area contributed by atoms with Crippen LogP contribution in [0.15, 0.2) is 174 Å². The highest BCUT2D eigenvalue weighted by atomic mass is 16.3. The monoisotopic (exact) mass is 620 g/mol. The molecule has 0 spiro atoms. The molecule has 0 aliphatic heterocycles. The van der Waals surface area contributed by atoms with E-state index in [2.05, 4.69) is 170 Å². The van der Waals surface area contributed by atoms with Crippen LogP contribution >= 0.6 is 0 Å². The summed E-state index contributed by atoms with van der Waals surface area (Å²) in [7, 11) is 0. The molecule has 1 aromatic heterocycles.